The molecule has 0 aliphatic heterocycles. The molecule has 1 unspecified atom stereocenters. The third kappa shape index (κ3) is 3.28. The molecule has 1 atom stereocenters. The number of carbonyl (C=O) groups excluding carboxylic acids is 2. The van der Waals surface area contributed by atoms with Gasteiger partial charge in [0.05, 0.1) is 17.9 Å². The van der Waals surface area contributed by atoms with Crippen molar-refractivity contribution < 1.29 is 41.4 Å². The van der Waals surface area contributed by atoms with Gasteiger partial charge in [0.2, 0.25) is 0 Å². The van der Waals surface area contributed by atoms with Gasteiger partial charge in [0.25, 0.3) is 5.91 Å². The van der Waals surface area contributed by atoms with Gasteiger partial charge in [-0.2, -0.15) is 18.4 Å². The smallest absolute Gasteiger partial charge is 0.437 e. The minimum Gasteiger partial charge on any atom is -0.463 e. The molecule has 24 heavy (non-hydrogen) atoms. The number of nitrogens with one attached hydrogen (secondary N) is 1. The summed E-state index contributed by atoms with van der Waals surface area (Å²) >= 11 is 0. The molecule has 11 heteroatoms. The van der Waals surface area contributed by atoms with Crippen LogP contribution in [-0.4, -0.2) is 35.4 Å². The first-order valence-electron chi connectivity index (χ1n) is 6.16. The number of anilines is 1. The van der Waals surface area contributed by atoms with Gasteiger partial charge >= 0.3 is 17.7 Å². The lowest BCUT2D eigenvalue weighted by molar-refractivity contribution is -0.252. The number of rotatable bonds is 4. The number of nitriles is 1. The normalized spacial score (nSPS) is 13.6. The van der Waals surface area contributed by atoms with Crippen LogP contribution in [0.2, 0.25) is 0 Å². The highest BCUT2D eigenvalue weighted by molar-refractivity contribution is 6.12. The topological polar surface area (TPSA) is 99.4 Å². The molecule has 1 amide bonds. The van der Waals surface area contributed by atoms with E-state index in [0.29, 0.717) is 12.1 Å². The van der Waals surface area contributed by atoms with Crippen LogP contribution >= 0.6 is 0 Å². The number of benzene rings is 1. The van der Waals surface area contributed by atoms with Gasteiger partial charge < -0.3 is 15.2 Å². The summed E-state index contributed by atoms with van der Waals surface area (Å²) in [7, 11) is 0. The maximum atomic E-state index is 13.6. The van der Waals surface area contributed by atoms with Crippen LogP contribution in [0.3, 0.4) is 0 Å². The molecule has 1 aromatic carbocycles. The van der Waals surface area contributed by atoms with Crippen LogP contribution in [0.15, 0.2) is 12.1 Å². The lowest BCUT2D eigenvalue weighted by atomic mass is 10.0. The Bertz CT molecular complexity index is 714. The number of aliphatic hydroxyl groups is 1. The molecule has 2 N–H and O–H groups in total. The fourth-order valence-corrected chi connectivity index (χ4v) is 1.52. The molecular formula is C13H9F5N2O4. The van der Waals surface area contributed by atoms with E-state index in [0.717, 1.165) is 6.92 Å². The first-order chi connectivity index (χ1) is 11.0. The van der Waals surface area contributed by atoms with Crippen molar-refractivity contribution in [3.63, 3.8) is 0 Å². The Morgan fingerprint density at radius 1 is 1.29 bits per heavy atom. The largest absolute Gasteiger partial charge is 0.463 e. The standard InChI is InChI=1S/C13H9F5N2O4/c1-2-24-11(22)12(23,13(16,17)18)10(21)20-7-4-3-6(5-19)8(14)9(7)15/h3-4,23H,2H2,1H3,(H,20,21). The molecule has 0 saturated heterocycles. The van der Waals surface area contributed by atoms with Gasteiger partial charge in [0.1, 0.15) is 6.07 Å². The van der Waals surface area contributed by atoms with Gasteiger partial charge in [-0.1, -0.05) is 0 Å². The molecule has 0 aliphatic carbocycles. The molecule has 130 valence electrons. The number of alkyl halides is 3. The van der Waals surface area contributed by atoms with E-state index >= 15 is 0 Å². The predicted molar refractivity (Wildman–Crippen MR) is 67.3 cm³/mol. The summed E-state index contributed by atoms with van der Waals surface area (Å²) < 4.78 is 69.7. The van der Waals surface area contributed by atoms with Crippen molar-refractivity contribution in [3.05, 3.63) is 29.3 Å². The zero-order chi connectivity index (χ0) is 18.7. The number of hydrogen-bond acceptors (Lipinski definition) is 5. The number of halogens is 5. The summed E-state index contributed by atoms with van der Waals surface area (Å²) in [5, 5.41) is 19.2. The first-order valence-corrected chi connectivity index (χ1v) is 6.16. The third-order valence-electron chi connectivity index (χ3n) is 2.76. The highest BCUT2D eigenvalue weighted by Crippen LogP contribution is 2.33. The van der Waals surface area contributed by atoms with Crippen LogP contribution in [0, 0.1) is 23.0 Å². The summed E-state index contributed by atoms with van der Waals surface area (Å²) in [6, 6.07) is 2.55. The average Bonchev–Trinajstić information content (AvgIpc) is 2.50. The summed E-state index contributed by atoms with van der Waals surface area (Å²) in [6.07, 6.45) is -5.79. The van der Waals surface area contributed by atoms with Gasteiger partial charge in [0.15, 0.2) is 11.6 Å². The first kappa shape index (κ1) is 19.3. The summed E-state index contributed by atoms with van der Waals surface area (Å²) in [5.41, 5.74) is -6.50. The second-order valence-corrected chi connectivity index (χ2v) is 4.28. The Morgan fingerprint density at radius 3 is 2.33 bits per heavy atom. The molecule has 0 radical (unpaired) electrons. The van der Waals surface area contributed by atoms with Crippen molar-refractivity contribution in [2.24, 2.45) is 0 Å². The van der Waals surface area contributed by atoms with Crippen LogP contribution in [0.25, 0.3) is 0 Å². The SMILES string of the molecule is CCOC(=O)C(O)(C(=O)Nc1ccc(C#N)c(F)c1F)C(F)(F)F. The predicted octanol–water partition coefficient (Wildman–Crippen LogP) is 1.63. The Labute approximate surface area is 131 Å². The van der Waals surface area contributed by atoms with E-state index in [4.69, 9.17) is 5.26 Å². The number of carbonyl (C=O) groups is 2. The fraction of sp³-hybridized carbons (Fsp3) is 0.308. The minimum atomic E-state index is -5.79. The molecule has 0 aliphatic rings. The molecule has 0 bridgehead atoms. The Balaban J connectivity index is 3.27. The molecular weight excluding hydrogens is 343 g/mol. The average molecular weight is 352 g/mol. The molecule has 0 saturated carbocycles. The van der Waals surface area contributed by atoms with Crippen molar-refractivity contribution >= 4 is 17.6 Å². The lowest BCUT2D eigenvalue weighted by Crippen LogP contribution is -2.61. The number of nitrogens with zero attached hydrogens (tertiary/aromatic N) is 1. The van der Waals surface area contributed by atoms with E-state index in [-0.39, 0.29) is 0 Å². The molecule has 0 spiro atoms. The van der Waals surface area contributed by atoms with Crippen LogP contribution in [0.4, 0.5) is 27.6 Å². The second-order valence-electron chi connectivity index (χ2n) is 4.28. The van der Waals surface area contributed by atoms with Gasteiger partial charge in [-0.15, -0.1) is 0 Å². The highest BCUT2D eigenvalue weighted by atomic mass is 19.4. The molecule has 0 heterocycles. The second kappa shape index (κ2) is 6.79. The number of esters is 1. The Morgan fingerprint density at radius 2 is 1.88 bits per heavy atom. The van der Waals surface area contributed by atoms with Crippen molar-refractivity contribution in [2.75, 3.05) is 11.9 Å². The van der Waals surface area contributed by atoms with E-state index in [9.17, 15) is 36.6 Å². The third-order valence-corrected chi connectivity index (χ3v) is 2.76. The van der Waals surface area contributed by atoms with E-state index < -0.39 is 53.1 Å². The van der Waals surface area contributed by atoms with E-state index in [2.05, 4.69) is 4.74 Å². The zero-order valence-electron chi connectivity index (χ0n) is 11.9. The monoisotopic (exact) mass is 352 g/mol. The van der Waals surface area contributed by atoms with Crippen LogP contribution < -0.4 is 5.32 Å². The number of ether oxygens (including phenoxy) is 1. The highest BCUT2D eigenvalue weighted by Gasteiger charge is 2.66. The fourth-order valence-electron chi connectivity index (χ4n) is 1.52. The maximum Gasteiger partial charge on any atom is 0.437 e. The Kier molecular flexibility index (Phi) is 5.47. The van der Waals surface area contributed by atoms with Crippen molar-refractivity contribution in [1.29, 1.82) is 5.26 Å². The molecule has 6 nitrogen and oxygen atoms in total. The minimum absolute atomic E-state index is 0.579. The number of hydrogen-bond donors (Lipinski definition) is 2. The summed E-state index contributed by atoms with van der Waals surface area (Å²) in [4.78, 5) is 23.0. The van der Waals surface area contributed by atoms with Gasteiger partial charge in [-0.25, -0.2) is 13.6 Å². The molecule has 1 aromatic rings. The van der Waals surface area contributed by atoms with Gasteiger partial charge in [0, 0.05) is 0 Å². The number of amides is 1. The zero-order valence-corrected chi connectivity index (χ0v) is 11.9. The molecule has 0 aromatic heterocycles. The van der Waals surface area contributed by atoms with Crippen LogP contribution in [0.5, 0.6) is 0 Å². The van der Waals surface area contributed by atoms with Crippen molar-refractivity contribution in [2.45, 2.75) is 18.7 Å². The lowest BCUT2D eigenvalue weighted by Gasteiger charge is -2.26. The van der Waals surface area contributed by atoms with Crippen LogP contribution in [-0.2, 0) is 14.3 Å². The summed E-state index contributed by atoms with van der Waals surface area (Å²) in [5.74, 6) is -8.28. The quantitative estimate of drug-likeness (QED) is 0.487. The summed E-state index contributed by atoms with van der Waals surface area (Å²) in [6.45, 7) is 0.548. The van der Waals surface area contributed by atoms with Gasteiger partial charge in [-0.05, 0) is 19.1 Å². The van der Waals surface area contributed by atoms with Crippen molar-refractivity contribution in [3.8, 4) is 6.07 Å². The van der Waals surface area contributed by atoms with E-state index in [1.807, 2.05) is 0 Å². The van der Waals surface area contributed by atoms with Crippen molar-refractivity contribution in [1.82, 2.24) is 0 Å². The molecule has 1 rings (SSSR count). The Hall–Kier alpha value is -2.74. The molecule has 0 fully saturated rings. The van der Waals surface area contributed by atoms with E-state index in [1.165, 1.54) is 11.4 Å². The maximum absolute atomic E-state index is 13.6. The van der Waals surface area contributed by atoms with E-state index in [1.54, 1.807) is 0 Å². The van der Waals surface area contributed by atoms with Crippen LogP contribution in [0.1, 0.15) is 12.5 Å². The van der Waals surface area contributed by atoms with Gasteiger partial charge in [-0.3, -0.25) is 4.79 Å².